The molecule has 0 spiro atoms. The first-order valence-corrected chi connectivity index (χ1v) is 13.5. The van der Waals surface area contributed by atoms with Crippen LogP contribution in [-0.4, -0.2) is 19.1 Å². The Labute approximate surface area is 243 Å². The molecule has 4 aromatic carbocycles. The van der Waals surface area contributed by atoms with E-state index in [1.54, 1.807) is 18.2 Å². The van der Waals surface area contributed by atoms with Crippen molar-refractivity contribution in [1.29, 1.82) is 0 Å². The molecule has 2 aromatic heterocycles. The third-order valence-corrected chi connectivity index (χ3v) is 7.40. The maximum absolute atomic E-state index is 6.44. The highest BCUT2D eigenvalue weighted by Gasteiger charge is 2.17. The van der Waals surface area contributed by atoms with Crippen molar-refractivity contribution in [3.8, 4) is 11.4 Å². The monoisotopic (exact) mass is 588 g/mol. The Hall–Kier alpha value is -3.75. The Morgan fingerprint density at radius 1 is 0.744 bits per heavy atom. The quantitative estimate of drug-likeness (QED) is 0.166. The van der Waals surface area contributed by atoms with E-state index in [9.17, 15) is 0 Å². The van der Waals surface area contributed by atoms with Crippen LogP contribution in [0.3, 0.4) is 0 Å². The maximum atomic E-state index is 6.44. The highest BCUT2D eigenvalue weighted by Crippen LogP contribution is 2.26. The lowest BCUT2D eigenvalue weighted by molar-refractivity contribution is 0.881. The van der Waals surface area contributed by atoms with Crippen molar-refractivity contribution in [2.75, 3.05) is 5.43 Å². The number of hydrogen-bond acceptors (Lipinski definition) is 5. The van der Waals surface area contributed by atoms with Gasteiger partial charge >= 0.3 is 0 Å². The third-order valence-electron chi connectivity index (χ3n) is 6.22. The van der Waals surface area contributed by atoms with E-state index in [2.05, 4.69) is 5.43 Å². The molecule has 0 aliphatic heterocycles. The second-order valence-corrected chi connectivity index (χ2v) is 10.4. The molecule has 0 unspecified atom stereocenters. The SMILES string of the molecule is Cc1ccccc1-n1c(=S)n(-c2ccc(Cl)cc2)c2nc3ccccc3nc1c2=NNc1cc(Cl)ccc1Cl. The average molecular weight is 590 g/mol. The second-order valence-electron chi connectivity index (χ2n) is 8.77. The molecule has 6 rings (SSSR count). The molecule has 0 amide bonds. The molecule has 0 aliphatic carbocycles. The fraction of sp³-hybridized carbons (Fsp3) is 0.0345. The van der Waals surface area contributed by atoms with Gasteiger partial charge < -0.3 is 0 Å². The van der Waals surface area contributed by atoms with Crippen molar-refractivity contribution in [3.63, 3.8) is 0 Å². The molecule has 39 heavy (non-hydrogen) atoms. The molecule has 2 heterocycles. The van der Waals surface area contributed by atoms with Crippen LogP contribution < -0.4 is 10.8 Å². The fourth-order valence-electron chi connectivity index (χ4n) is 4.33. The van der Waals surface area contributed by atoms with Crippen LogP contribution in [0.15, 0.2) is 96.1 Å². The summed E-state index contributed by atoms with van der Waals surface area (Å²) in [6.07, 6.45) is 0. The van der Waals surface area contributed by atoms with Gasteiger partial charge in [-0.15, -0.1) is 0 Å². The number of nitrogens with zero attached hydrogens (tertiary/aromatic N) is 5. The molecule has 0 fully saturated rings. The van der Waals surface area contributed by atoms with Gasteiger partial charge in [0.2, 0.25) is 0 Å². The number of benzene rings is 4. The molecule has 192 valence electrons. The largest absolute Gasteiger partial charge is 0.276 e. The van der Waals surface area contributed by atoms with Gasteiger partial charge in [-0.1, -0.05) is 65.1 Å². The molecule has 1 N–H and O–H groups in total. The van der Waals surface area contributed by atoms with Crippen LogP contribution in [0.5, 0.6) is 0 Å². The summed E-state index contributed by atoms with van der Waals surface area (Å²) in [7, 11) is 0. The molecule has 0 aliphatic rings. The van der Waals surface area contributed by atoms with Crippen molar-refractivity contribution in [1.82, 2.24) is 19.1 Å². The minimum Gasteiger partial charge on any atom is -0.276 e. The van der Waals surface area contributed by atoms with E-state index in [-0.39, 0.29) is 0 Å². The summed E-state index contributed by atoms with van der Waals surface area (Å²) in [5.41, 5.74) is 8.68. The smallest absolute Gasteiger partial charge is 0.192 e. The average Bonchev–Trinajstić information content (AvgIpc) is 3.05. The second kappa shape index (κ2) is 10.4. The standard InChI is InChI=1S/C29H19Cl3N6S/c1-17-6-2-5-9-25(17)38-28-26(36-35-24-16-19(31)12-15-21(24)32)27(33-22-7-3-4-8-23(22)34-28)37(29(38)39)20-13-10-18(30)11-14-20/h2-16,35H,1H3. The molecule has 0 saturated carbocycles. The Bertz CT molecular complexity index is 2020. The Balaban J connectivity index is 1.83. The molecule has 0 radical (unpaired) electrons. The summed E-state index contributed by atoms with van der Waals surface area (Å²) in [6, 6.07) is 28.2. The van der Waals surface area contributed by atoms with Crippen molar-refractivity contribution in [2.24, 2.45) is 5.10 Å². The van der Waals surface area contributed by atoms with E-state index in [1.165, 1.54) is 0 Å². The molecular formula is C29H19Cl3N6S. The first-order chi connectivity index (χ1) is 18.9. The van der Waals surface area contributed by atoms with Crippen LogP contribution in [0, 0.1) is 11.7 Å². The predicted molar refractivity (Wildman–Crippen MR) is 162 cm³/mol. The molecule has 6 nitrogen and oxygen atoms in total. The summed E-state index contributed by atoms with van der Waals surface area (Å²) >= 11 is 25.1. The summed E-state index contributed by atoms with van der Waals surface area (Å²) < 4.78 is 4.26. The third kappa shape index (κ3) is 4.79. The number of halogens is 3. The van der Waals surface area contributed by atoms with E-state index >= 15 is 0 Å². The van der Waals surface area contributed by atoms with Gasteiger partial charge in [0.15, 0.2) is 21.4 Å². The van der Waals surface area contributed by atoms with Gasteiger partial charge in [0.25, 0.3) is 0 Å². The first kappa shape index (κ1) is 25.5. The van der Waals surface area contributed by atoms with Gasteiger partial charge in [-0.2, -0.15) is 5.10 Å². The van der Waals surface area contributed by atoms with Crippen LogP contribution in [0.2, 0.25) is 15.1 Å². The summed E-state index contributed by atoms with van der Waals surface area (Å²) in [5, 5.41) is 6.88. The lowest BCUT2D eigenvalue weighted by Gasteiger charge is -2.17. The molecule has 0 saturated heterocycles. The number of aromatic nitrogens is 4. The van der Waals surface area contributed by atoms with Crippen molar-refractivity contribution < 1.29 is 0 Å². The van der Waals surface area contributed by atoms with Gasteiger partial charge in [-0.05, 0) is 85.4 Å². The van der Waals surface area contributed by atoms with Crippen LogP contribution in [0.4, 0.5) is 5.69 Å². The van der Waals surface area contributed by atoms with E-state index in [0.717, 1.165) is 16.9 Å². The van der Waals surface area contributed by atoms with E-state index < -0.39 is 0 Å². The van der Waals surface area contributed by atoms with Gasteiger partial charge in [0, 0.05) is 10.0 Å². The lowest BCUT2D eigenvalue weighted by atomic mass is 10.2. The number of hydrogen-bond donors (Lipinski definition) is 1. The lowest BCUT2D eigenvalue weighted by Crippen LogP contribution is -2.23. The number of para-hydroxylation sites is 3. The summed E-state index contributed by atoms with van der Waals surface area (Å²) in [4.78, 5) is 10.1. The van der Waals surface area contributed by atoms with Gasteiger partial charge in [0.1, 0.15) is 0 Å². The number of anilines is 1. The van der Waals surface area contributed by atoms with E-state index in [4.69, 9.17) is 62.1 Å². The van der Waals surface area contributed by atoms with Gasteiger partial charge in [-0.25, -0.2) is 9.97 Å². The van der Waals surface area contributed by atoms with E-state index in [1.807, 2.05) is 88.9 Å². The maximum Gasteiger partial charge on any atom is 0.192 e. The number of rotatable bonds is 4. The Kier molecular flexibility index (Phi) is 6.83. The highest BCUT2D eigenvalue weighted by atomic mass is 35.5. The minimum absolute atomic E-state index is 0.467. The van der Waals surface area contributed by atoms with E-state index in [0.29, 0.717) is 53.2 Å². The number of nitrogens with one attached hydrogen (secondary N) is 1. The zero-order chi connectivity index (χ0) is 27.1. The molecular weight excluding hydrogens is 571 g/mol. The van der Waals surface area contributed by atoms with Crippen molar-refractivity contribution in [3.05, 3.63) is 122 Å². The topological polar surface area (TPSA) is 60.0 Å². The Morgan fingerprint density at radius 3 is 2.05 bits per heavy atom. The Morgan fingerprint density at radius 2 is 1.36 bits per heavy atom. The van der Waals surface area contributed by atoms with Crippen LogP contribution >= 0.6 is 47.0 Å². The number of aryl methyl sites for hydroxylation is 1. The molecule has 6 aromatic rings. The molecule has 2 bridgehead atoms. The van der Waals surface area contributed by atoms with Crippen molar-refractivity contribution in [2.45, 2.75) is 6.92 Å². The molecule has 10 heteroatoms. The highest BCUT2D eigenvalue weighted by molar-refractivity contribution is 7.71. The summed E-state index contributed by atoms with van der Waals surface area (Å²) in [5.74, 6) is 0. The predicted octanol–water partition coefficient (Wildman–Crippen LogP) is 8.29. The van der Waals surface area contributed by atoms with Crippen LogP contribution in [0.25, 0.3) is 33.7 Å². The zero-order valence-electron chi connectivity index (χ0n) is 20.4. The molecule has 0 atom stereocenters. The fourth-order valence-corrected chi connectivity index (χ4v) is 5.17. The normalized spacial score (nSPS) is 11.8. The van der Waals surface area contributed by atoms with Crippen LogP contribution in [-0.2, 0) is 0 Å². The van der Waals surface area contributed by atoms with Crippen molar-refractivity contribution >= 4 is 75.0 Å². The van der Waals surface area contributed by atoms with Crippen LogP contribution in [0.1, 0.15) is 5.56 Å². The minimum atomic E-state index is 0.467. The first-order valence-electron chi connectivity index (χ1n) is 11.9. The zero-order valence-corrected chi connectivity index (χ0v) is 23.5. The summed E-state index contributed by atoms with van der Waals surface area (Å²) in [6.45, 7) is 2.03. The van der Waals surface area contributed by atoms with Gasteiger partial charge in [-0.3, -0.25) is 14.6 Å². The number of fused-ring (bicyclic) bond motifs is 3. The van der Waals surface area contributed by atoms with Gasteiger partial charge in [0.05, 0.1) is 33.1 Å².